The van der Waals surface area contributed by atoms with Crippen molar-refractivity contribution in [3.63, 3.8) is 0 Å². The Balaban J connectivity index is 1.44. The average Bonchev–Trinajstić information content (AvgIpc) is 3.26. The molecule has 0 bridgehead atoms. The first-order chi connectivity index (χ1) is 32.4. The number of carbonyl (C=O) groups is 2. The van der Waals surface area contributed by atoms with Crippen LogP contribution in [0.15, 0.2) is 147 Å². The van der Waals surface area contributed by atoms with Crippen LogP contribution in [-0.2, 0) is 46.9 Å². The van der Waals surface area contributed by atoms with Crippen molar-refractivity contribution in [2.75, 3.05) is 0 Å². The van der Waals surface area contributed by atoms with Crippen molar-refractivity contribution >= 4 is 68.6 Å². The summed E-state index contributed by atoms with van der Waals surface area (Å²) in [6, 6.07) is 19.0. The van der Waals surface area contributed by atoms with Gasteiger partial charge in [0.2, 0.25) is 0 Å². The smallest absolute Gasteiger partial charge is 0.294 e. The minimum absolute atomic E-state index is 0.000601. The van der Waals surface area contributed by atoms with Crippen molar-refractivity contribution in [2.45, 2.75) is 60.6 Å². The van der Waals surface area contributed by atoms with Gasteiger partial charge in [-0.1, -0.05) is 63.8 Å². The molecule has 0 saturated carbocycles. The van der Waals surface area contributed by atoms with Crippen LogP contribution in [-0.4, -0.2) is 68.6 Å². The van der Waals surface area contributed by atoms with Gasteiger partial charge in [-0.25, -0.2) is 4.90 Å². The molecule has 17 nitrogen and oxygen atoms in total. The maximum atomic E-state index is 14.9. The van der Waals surface area contributed by atoms with Gasteiger partial charge < -0.3 is 9.47 Å². The molecule has 0 spiro atoms. The highest BCUT2D eigenvalue weighted by Gasteiger charge is 2.42. The summed E-state index contributed by atoms with van der Waals surface area (Å²) in [6.07, 6.45) is 0.0832. The second kappa shape index (κ2) is 16.9. The third-order valence-electron chi connectivity index (χ3n) is 12.0. The molecule has 0 aromatic heterocycles. The predicted molar refractivity (Wildman–Crippen MR) is 257 cm³/mol. The summed E-state index contributed by atoms with van der Waals surface area (Å²) in [6.45, 7) is 17.1. The highest BCUT2D eigenvalue weighted by molar-refractivity contribution is 7.86. The molecule has 21 heteroatoms. The van der Waals surface area contributed by atoms with Crippen molar-refractivity contribution in [3.8, 4) is 45.3 Å². The Morgan fingerprint density at radius 1 is 0.543 bits per heavy atom. The highest BCUT2D eigenvalue weighted by atomic mass is 32.2. The van der Waals surface area contributed by atoms with Crippen molar-refractivity contribution < 1.29 is 70.9 Å². The molecule has 8 rings (SSSR count). The van der Waals surface area contributed by atoms with Crippen LogP contribution >= 0.6 is 0 Å². The van der Waals surface area contributed by atoms with Gasteiger partial charge in [-0.15, -0.1) is 0 Å². The number of amides is 2. The van der Waals surface area contributed by atoms with Gasteiger partial charge >= 0.3 is 0 Å². The normalized spacial score (nSPS) is 14.3. The van der Waals surface area contributed by atoms with Gasteiger partial charge in [0.05, 0.1) is 30.7 Å². The fraction of sp³-hybridized carbons (Fsp3) is 0.143. The summed E-state index contributed by atoms with van der Waals surface area (Å²) in [5, 5.41) is 0.524. The van der Waals surface area contributed by atoms with Crippen LogP contribution in [0.3, 0.4) is 0 Å². The van der Waals surface area contributed by atoms with E-state index in [4.69, 9.17) is 9.47 Å². The first-order valence-corrected chi connectivity index (χ1v) is 26.5. The molecule has 1 aliphatic heterocycles. The van der Waals surface area contributed by atoms with Gasteiger partial charge in [0, 0.05) is 50.6 Å². The lowest BCUT2D eigenvalue weighted by molar-refractivity contribution is 0.0631. The van der Waals surface area contributed by atoms with Crippen LogP contribution in [0.1, 0.15) is 66.5 Å². The van der Waals surface area contributed by atoms with E-state index in [0.29, 0.717) is 33.2 Å². The number of rotatable bonds is 12. The van der Waals surface area contributed by atoms with Crippen LogP contribution in [0, 0.1) is 5.41 Å². The minimum atomic E-state index is -4.82. The maximum absolute atomic E-state index is 14.9. The molecule has 1 heterocycles. The second-order valence-corrected chi connectivity index (χ2v) is 23.3. The Labute approximate surface area is 403 Å². The molecule has 6 aromatic carbocycles. The van der Waals surface area contributed by atoms with Crippen molar-refractivity contribution in [1.29, 1.82) is 0 Å². The van der Waals surface area contributed by atoms with Crippen molar-refractivity contribution in [3.05, 3.63) is 149 Å². The lowest BCUT2D eigenvalue weighted by Crippen LogP contribution is -2.42. The van der Waals surface area contributed by atoms with Crippen LogP contribution in [0.4, 0.5) is 0 Å². The number of allylic oxidation sites excluding steroid dienone is 4. The largest absolute Gasteiger partial charge is 0.456 e. The highest BCUT2D eigenvalue weighted by Crippen LogP contribution is 2.53. The van der Waals surface area contributed by atoms with E-state index in [0.717, 1.165) is 53.4 Å². The minimum Gasteiger partial charge on any atom is -0.456 e. The lowest BCUT2D eigenvalue weighted by Gasteiger charge is -2.36. The Bertz CT molecular complexity index is 3830. The van der Waals surface area contributed by atoms with Crippen LogP contribution in [0.5, 0.6) is 23.0 Å². The Morgan fingerprint density at radius 3 is 1.31 bits per heavy atom. The van der Waals surface area contributed by atoms with E-state index >= 15 is 0 Å². The topological polar surface area (TPSA) is 273 Å². The van der Waals surface area contributed by atoms with Gasteiger partial charge in [0.15, 0.2) is 0 Å². The van der Waals surface area contributed by atoms with E-state index in [1.807, 2.05) is 0 Å². The summed E-state index contributed by atoms with van der Waals surface area (Å²) >= 11 is 0. The van der Waals surface area contributed by atoms with E-state index in [-0.39, 0.29) is 73.9 Å². The summed E-state index contributed by atoms with van der Waals surface area (Å²) < 4.78 is 150. The van der Waals surface area contributed by atoms with E-state index < -0.39 is 77.3 Å². The van der Waals surface area contributed by atoms with Crippen molar-refractivity contribution in [1.82, 2.24) is 4.90 Å². The molecule has 0 radical (unpaired) electrons. The Kier molecular flexibility index (Phi) is 12.0. The quantitative estimate of drug-likeness (QED) is 0.0655. The first-order valence-electron chi connectivity index (χ1n) is 20.7. The van der Waals surface area contributed by atoms with E-state index in [1.54, 1.807) is 34.6 Å². The molecule has 0 unspecified atom stereocenters. The average molecular weight is 1030 g/mol. The zero-order valence-corrected chi connectivity index (χ0v) is 40.9. The monoisotopic (exact) mass is 1030 g/mol. The zero-order chi connectivity index (χ0) is 51.4. The van der Waals surface area contributed by atoms with Gasteiger partial charge in [0.25, 0.3) is 52.3 Å². The number of ether oxygens (including phenoxy) is 2. The summed E-state index contributed by atoms with van der Waals surface area (Å²) in [4.78, 5) is 28.6. The Morgan fingerprint density at radius 2 is 0.929 bits per heavy atom. The number of hydrogen-bond acceptors (Lipinski definition) is 12. The second-order valence-electron chi connectivity index (χ2n) is 17.6. The molecule has 0 fully saturated rings. The third kappa shape index (κ3) is 8.97. The first kappa shape index (κ1) is 49.6. The molecule has 0 atom stereocenters. The molecule has 362 valence electrons. The summed E-state index contributed by atoms with van der Waals surface area (Å²) in [5.74, 6) is -1.61. The maximum Gasteiger partial charge on any atom is 0.294 e. The molecule has 70 heavy (non-hydrogen) atoms. The van der Waals surface area contributed by atoms with E-state index in [1.165, 1.54) is 48.5 Å². The zero-order valence-electron chi connectivity index (χ0n) is 37.6. The van der Waals surface area contributed by atoms with Gasteiger partial charge in [-0.3, -0.25) is 27.8 Å². The molecule has 1 aliphatic carbocycles. The number of nitrogens with zero attached hydrogens (tertiary/aromatic N) is 1. The van der Waals surface area contributed by atoms with Crippen LogP contribution in [0.2, 0.25) is 0 Å². The van der Waals surface area contributed by atoms with Crippen LogP contribution < -0.4 is 9.47 Å². The van der Waals surface area contributed by atoms with Gasteiger partial charge in [-0.05, 0) is 109 Å². The fourth-order valence-corrected chi connectivity index (χ4v) is 10.3. The summed E-state index contributed by atoms with van der Waals surface area (Å²) in [7, 11) is -18.9. The van der Waals surface area contributed by atoms with Crippen molar-refractivity contribution in [2.24, 2.45) is 5.41 Å². The molecule has 2 aliphatic rings. The number of hydrogen-bond donors (Lipinski definition) is 4. The molecular weight excluding hydrogens is 987 g/mol. The standard InChI is InChI=1S/C49H41NO16S4/c1-25(2)34-22-37-42(65-40-18-16-32(69(59,60)61)20-35(40)28-8-12-30(13-9-28)67(53,54)55)23-38-45-39(48(52)50(47(38)51)27(4)49(5,6)7)24-43(44(26(34)3)46(37)45)66-41-19-17-33(70(62,63)64)21-36(41)29-10-14-31(15-11-29)68(56,57)58/h8-21,23-24H,1,4,22H2,2-3,5-7H3,(H,53,54,55)(H,56,57,58)(H,59,60,61)(H,62,63,64). The SMILES string of the molecule is C=C(C)C1=C(C)c2c(Oc3ccc(S(=O)(=O)O)cc3-c3ccc(S(=O)(=O)O)cc3)cc3c4c(cc(Oc5ccc(S(=O)(=O)O)cc5-c5ccc(S(=O)(=O)O)cc5)c(c24)C1)C(=O)N(C(=C)C(C)(C)C)C3=O. The fourth-order valence-electron chi connectivity index (χ4n) is 8.37. The molecule has 4 N–H and O–H groups in total. The Hall–Kier alpha value is -6.82. The van der Waals surface area contributed by atoms with Gasteiger partial charge in [-0.2, -0.15) is 33.7 Å². The van der Waals surface area contributed by atoms with E-state index in [2.05, 4.69) is 13.2 Å². The molecular formula is C49H41NO16S4. The van der Waals surface area contributed by atoms with E-state index in [9.17, 15) is 61.5 Å². The van der Waals surface area contributed by atoms with Crippen LogP contribution in [0.25, 0.3) is 38.6 Å². The lowest BCUT2D eigenvalue weighted by atomic mass is 9.77. The number of carbonyl (C=O) groups excluding carboxylic acids is 2. The third-order valence-corrected chi connectivity index (χ3v) is 15.4. The number of imide groups is 1. The van der Waals surface area contributed by atoms with Gasteiger partial charge in [0.1, 0.15) is 23.0 Å². The molecule has 2 amide bonds. The molecule has 0 saturated heterocycles. The number of benzene rings is 6. The predicted octanol–water partition coefficient (Wildman–Crippen LogP) is 9.81. The molecule has 6 aromatic rings. The summed E-state index contributed by atoms with van der Waals surface area (Å²) in [5.41, 5.74) is 2.20.